The van der Waals surface area contributed by atoms with E-state index >= 15 is 0 Å². The van der Waals surface area contributed by atoms with Crippen LogP contribution in [0.5, 0.6) is 0 Å². The van der Waals surface area contributed by atoms with Crippen LogP contribution < -0.4 is 4.90 Å². The lowest BCUT2D eigenvalue weighted by atomic mass is 10.0. The van der Waals surface area contributed by atoms with Gasteiger partial charge in [-0.25, -0.2) is 4.68 Å². The van der Waals surface area contributed by atoms with E-state index in [4.69, 9.17) is 0 Å². The summed E-state index contributed by atoms with van der Waals surface area (Å²) in [6, 6.07) is 8.04. The molecular weight excluding hydrogens is 230 g/mol. The van der Waals surface area contributed by atoms with Gasteiger partial charge < -0.3 is 4.90 Å². The van der Waals surface area contributed by atoms with E-state index in [1.54, 1.807) is 0 Å². The largest absolute Gasteiger partial charge is 0.311 e. The molecule has 1 aliphatic heterocycles. The first-order valence-corrected chi connectivity index (χ1v) is 5.93. The molecule has 1 aromatic heterocycles. The van der Waals surface area contributed by atoms with Crippen molar-refractivity contribution in [3.8, 4) is 0 Å². The first-order chi connectivity index (χ1) is 8.84. The van der Waals surface area contributed by atoms with Crippen molar-refractivity contribution in [3.05, 3.63) is 36.2 Å². The topological polar surface area (TPSA) is 63.9 Å². The SMILES string of the molecule is O=C(Cn1cnnn1)N1CCCc2ccccc21. The highest BCUT2D eigenvalue weighted by Crippen LogP contribution is 2.26. The van der Waals surface area contributed by atoms with Gasteiger partial charge in [-0.2, -0.15) is 0 Å². The van der Waals surface area contributed by atoms with Crippen LogP contribution in [0.4, 0.5) is 5.69 Å². The Labute approximate surface area is 104 Å². The summed E-state index contributed by atoms with van der Waals surface area (Å²) in [5, 5.41) is 10.8. The number of amides is 1. The molecule has 3 rings (SSSR count). The van der Waals surface area contributed by atoms with Gasteiger partial charge >= 0.3 is 0 Å². The van der Waals surface area contributed by atoms with Crippen molar-refractivity contribution in [2.75, 3.05) is 11.4 Å². The molecule has 18 heavy (non-hydrogen) atoms. The molecule has 1 aliphatic rings. The van der Waals surface area contributed by atoms with Crippen LogP contribution in [0, 0.1) is 0 Å². The zero-order valence-corrected chi connectivity index (χ0v) is 9.86. The van der Waals surface area contributed by atoms with Crippen LogP contribution in [0.25, 0.3) is 0 Å². The van der Waals surface area contributed by atoms with Crippen molar-refractivity contribution in [3.63, 3.8) is 0 Å². The minimum Gasteiger partial charge on any atom is -0.311 e. The number of anilines is 1. The van der Waals surface area contributed by atoms with Crippen LogP contribution in [0.15, 0.2) is 30.6 Å². The number of aryl methyl sites for hydroxylation is 1. The van der Waals surface area contributed by atoms with Gasteiger partial charge in [0.05, 0.1) is 0 Å². The van der Waals surface area contributed by atoms with Gasteiger partial charge in [0, 0.05) is 12.2 Å². The second-order valence-corrected chi connectivity index (χ2v) is 4.29. The number of hydrogen-bond donors (Lipinski definition) is 0. The number of tetrazole rings is 1. The summed E-state index contributed by atoms with van der Waals surface area (Å²) in [5.41, 5.74) is 2.25. The molecule has 0 unspecified atom stereocenters. The van der Waals surface area contributed by atoms with Crippen LogP contribution >= 0.6 is 0 Å². The Morgan fingerprint density at radius 1 is 1.33 bits per heavy atom. The van der Waals surface area contributed by atoms with Crippen LogP contribution in [-0.2, 0) is 17.8 Å². The van der Waals surface area contributed by atoms with Gasteiger partial charge in [-0.3, -0.25) is 4.79 Å². The van der Waals surface area contributed by atoms with Gasteiger partial charge in [0.1, 0.15) is 12.9 Å². The minimum atomic E-state index is 0.0226. The van der Waals surface area contributed by atoms with Crippen molar-refractivity contribution in [1.82, 2.24) is 20.2 Å². The van der Waals surface area contributed by atoms with Gasteiger partial charge in [0.2, 0.25) is 5.91 Å². The van der Waals surface area contributed by atoms with E-state index < -0.39 is 0 Å². The fraction of sp³-hybridized carbons (Fsp3) is 0.333. The fourth-order valence-electron chi connectivity index (χ4n) is 2.27. The lowest BCUT2D eigenvalue weighted by Crippen LogP contribution is -2.37. The van der Waals surface area contributed by atoms with Crippen LogP contribution in [0.1, 0.15) is 12.0 Å². The monoisotopic (exact) mass is 243 g/mol. The van der Waals surface area contributed by atoms with Crippen molar-refractivity contribution in [2.24, 2.45) is 0 Å². The Bertz CT molecular complexity index is 551. The summed E-state index contributed by atoms with van der Waals surface area (Å²) < 4.78 is 1.44. The first kappa shape index (κ1) is 10.9. The molecule has 2 heterocycles. The zero-order valence-electron chi connectivity index (χ0n) is 9.86. The third kappa shape index (κ3) is 1.97. The molecule has 2 aromatic rings. The molecule has 0 saturated heterocycles. The maximum Gasteiger partial charge on any atom is 0.248 e. The summed E-state index contributed by atoms with van der Waals surface area (Å²) in [6.07, 6.45) is 3.48. The summed E-state index contributed by atoms with van der Waals surface area (Å²) in [5.74, 6) is 0.0226. The molecule has 0 spiro atoms. The molecule has 92 valence electrons. The van der Waals surface area contributed by atoms with Crippen molar-refractivity contribution in [2.45, 2.75) is 19.4 Å². The zero-order chi connectivity index (χ0) is 12.4. The molecule has 0 atom stereocenters. The highest BCUT2D eigenvalue weighted by atomic mass is 16.2. The molecule has 6 nitrogen and oxygen atoms in total. The number of rotatable bonds is 2. The molecule has 0 N–H and O–H groups in total. The molecular formula is C12H13N5O. The van der Waals surface area contributed by atoms with Crippen molar-refractivity contribution < 1.29 is 4.79 Å². The summed E-state index contributed by atoms with van der Waals surface area (Å²) >= 11 is 0. The van der Waals surface area contributed by atoms with Gasteiger partial charge in [0.15, 0.2) is 0 Å². The molecule has 0 radical (unpaired) electrons. The molecule has 0 saturated carbocycles. The van der Waals surface area contributed by atoms with Crippen LogP contribution in [0.3, 0.4) is 0 Å². The smallest absolute Gasteiger partial charge is 0.248 e. The van der Waals surface area contributed by atoms with Crippen molar-refractivity contribution in [1.29, 1.82) is 0 Å². The molecule has 1 aromatic carbocycles. The van der Waals surface area contributed by atoms with Crippen molar-refractivity contribution >= 4 is 11.6 Å². The lowest BCUT2D eigenvalue weighted by molar-refractivity contribution is -0.119. The molecule has 0 fully saturated rings. The molecule has 0 aliphatic carbocycles. The average molecular weight is 243 g/mol. The number of nitrogens with zero attached hydrogens (tertiary/aromatic N) is 5. The second-order valence-electron chi connectivity index (χ2n) is 4.29. The number of para-hydroxylation sites is 1. The third-order valence-corrected chi connectivity index (χ3v) is 3.10. The van der Waals surface area contributed by atoms with Gasteiger partial charge in [0.25, 0.3) is 0 Å². The van der Waals surface area contributed by atoms with Gasteiger partial charge in [-0.15, -0.1) is 5.10 Å². The van der Waals surface area contributed by atoms with E-state index in [9.17, 15) is 4.79 Å². The average Bonchev–Trinajstić information content (AvgIpc) is 2.91. The third-order valence-electron chi connectivity index (χ3n) is 3.10. The predicted octanol–water partition coefficient (Wildman–Crippen LogP) is 0.652. The number of aromatic nitrogens is 4. The maximum atomic E-state index is 12.2. The fourth-order valence-corrected chi connectivity index (χ4v) is 2.27. The lowest BCUT2D eigenvalue weighted by Gasteiger charge is -2.29. The van der Waals surface area contributed by atoms with E-state index in [-0.39, 0.29) is 12.5 Å². The van der Waals surface area contributed by atoms with Crippen LogP contribution in [0.2, 0.25) is 0 Å². The Hall–Kier alpha value is -2.24. The quantitative estimate of drug-likeness (QED) is 0.777. The number of carbonyl (C=O) groups is 1. The second kappa shape index (κ2) is 4.56. The first-order valence-electron chi connectivity index (χ1n) is 5.93. The number of fused-ring (bicyclic) bond motifs is 1. The molecule has 6 heteroatoms. The maximum absolute atomic E-state index is 12.2. The van der Waals surface area contributed by atoms with E-state index in [1.165, 1.54) is 16.6 Å². The van der Waals surface area contributed by atoms with E-state index in [0.717, 1.165) is 25.1 Å². The summed E-state index contributed by atoms with van der Waals surface area (Å²) in [4.78, 5) is 14.1. The predicted molar refractivity (Wildman–Crippen MR) is 64.9 cm³/mol. The number of benzene rings is 1. The minimum absolute atomic E-state index is 0.0226. The highest BCUT2D eigenvalue weighted by molar-refractivity contribution is 5.94. The molecule has 1 amide bonds. The normalized spacial score (nSPS) is 14.3. The summed E-state index contributed by atoms with van der Waals surface area (Å²) in [6.45, 7) is 0.944. The van der Waals surface area contributed by atoms with E-state index in [0.29, 0.717) is 0 Å². The van der Waals surface area contributed by atoms with E-state index in [1.807, 2.05) is 23.1 Å². The Balaban J connectivity index is 1.83. The standard InChI is InChI=1S/C12H13N5O/c18-12(8-16-9-13-14-15-16)17-7-3-5-10-4-1-2-6-11(10)17/h1-2,4,6,9H,3,5,7-8H2. The highest BCUT2D eigenvalue weighted by Gasteiger charge is 2.22. The van der Waals surface area contributed by atoms with Crippen LogP contribution in [-0.4, -0.2) is 32.7 Å². The molecule has 0 bridgehead atoms. The Morgan fingerprint density at radius 2 is 2.22 bits per heavy atom. The summed E-state index contributed by atoms with van der Waals surface area (Å²) in [7, 11) is 0. The Morgan fingerprint density at radius 3 is 3.06 bits per heavy atom. The van der Waals surface area contributed by atoms with Gasteiger partial charge in [-0.1, -0.05) is 18.2 Å². The number of carbonyl (C=O) groups excluding carboxylic acids is 1. The van der Waals surface area contributed by atoms with E-state index in [2.05, 4.69) is 21.6 Å². The number of hydrogen-bond acceptors (Lipinski definition) is 4. The van der Waals surface area contributed by atoms with Gasteiger partial charge in [-0.05, 0) is 34.9 Å². The Kier molecular flexibility index (Phi) is 2.76.